The van der Waals surface area contributed by atoms with Gasteiger partial charge >= 0.3 is 19.4 Å². The Kier molecular flexibility index (Phi) is 8.33. The number of carbonyl (C=O) groups excluding carboxylic acids is 1. The molecule has 14 nitrogen and oxygen atoms in total. The van der Waals surface area contributed by atoms with Crippen molar-refractivity contribution in [1.82, 2.24) is 19.8 Å². The maximum absolute atomic E-state index is 15.6. The summed E-state index contributed by atoms with van der Waals surface area (Å²) in [6.07, 6.45) is -4.35. The van der Waals surface area contributed by atoms with Crippen molar-refractivity contribution in [2.45, 2.75) is 70.9 Å². The van der Waals surface area contributed by atoms with Gasteiger partial charge in [0.1, 0.15) is 24.0 Å². The van der Waals surface area contributed by atoms with Crippen molar-refractivity contribution in [2.75, 3.05) is 6.61 Å². The minimum Gasteiger partial charge on any atom is -0.462 e. The Hall–Kier alpha value is -3.36. The van der Waals surface area contributed by atoms with E-state index in [9.17, 15) is 24.1 Å². The van der Waals surface area contributed by atoms with Gasteiger partial charge < -0.3 is 23.6 Å². The highest BCUT2D eigenvalue weighted by Gasteiger charge is 2.56. The van der Waals surface area contributed by atoms with Crippen molar-refractivity contribution >= 4 is 24.7 Å². The lowest BCUT2D eigenvalue weighted by Crippen LogP contribution is -2.43. The lowest BCUT2D eigenvalue weighted by atomic mass is 9.98. The van der Waals surface area contributed by atoms with Crippen molar-refractivity contribution in [3.63, 3.8) is 0 Å². The fourth-order valence-electron chi connectivity index (χ4n) is 4.09. The van der Waals surface area contributed by atoms with E-state index in [0.29, 0.717) is 16.7 Å². The number of aromatic amines is 1. The molecule has 40 heavy (non-hydrogen) atoms. The number of fused-ring (bicyclic) bond motifs is 1. The number of aromatic nitrogens is 3. The van der Waals surface area contributed by atoms with Crippen molar-refractivity contribution in [1.29, 1.82) is 0 Å². The molecule has 1 aromatic carbocycles. The number of H-pyrrole nitrogens is 1. The molecule has 3 aromatic rings. The van der Waals surface area contributed by atoms with E-state index in [1.54, 1.807) is 26.8 Å². The van der Waals surface area contributed by atoms with E-state index in [0.717, 1.165) is 23.8 Å². The van der Waals surface area contributed by atoms with Gasteiger partial charge in [0.05, 0.1) is 18.4 Å². The molecule has 1 unspecified atom stereocenters. The maximum atomic E-state index is 15.6. The number of nitrogens with one attached hydrogen (secondary N) is 2. The molecule has 218 valence electrons. The Balaban J connectivity index is 1.57. The number of aliphatic hydroxyl groups excluding tert-OH is 1. The van der Waals surface area contributed by atoms with Crippen molar-refractivity contribution < 1.29 is 41.9 Å². The molecule has 1 aliphatic rings. The van der Waals surface area contributed by atoms with Gasteiger partial charge in [-0.15, -0.1) is 0 Å². The largest absolute Gasteiger partial charge is 0.462 e. The number of benzene rings is 1. The Morgan fingerprint density at radius 3 is 2.73 bits per heavy atom. The van der Waals surface area contributed by atoms with Crippen LogP contribution in [0.5, 0.6) is 5.75 Å². The van der Waals surface area contributed by atoms with E-state index in [-0.39, 0.29) is 5.75 Å². The topological polar surface area (TPSA) is 184 Å². The van der Waals surface area contributed by atoms with Crippen LogP contribution in [0, 0.1) is 6.92 Å². The highest BCUT2D eigenvalue weighted by Crippen LogP contribution is 2.48. The van der Waals surface area contributed by atoms with Crippen LogP contribution < -0.4 is 20.9 Å². The van der Waals surface area contributed by atoms with Crippen LogP contribution in [0.15, 0.2) is 44.6 Å². The molecule has 16 heteroatoms. The highest BCUT2D eigenvalue weighted by molar-refractivity contribution is 7.52. The number of esters is 1. The van der Waals surface area contributed by atoms with Crippen molar-refractivity contribution in [2.24, 2.45) is 0 Å². The Labute approximate surface area is 226 Å². The van der Waals surface area contributed by atoms with Crippen LogP contribution in [0.2, 0.25) is 0 Å². The van der Waals surface area contributed by atoms with Gasteiger partial charge in [0.2, 0.25) is 0 Å². The summed E-state index contributed by atoms with van der Waals surface area (Å²) in [6.45, 7) is 6.72. The van der Waals surface area contributed by atoms with Gasteiger partial charge in [0, 0.05) is 23.7 Å². The molecule has 0 spiro atoms. The standard InChI is InChI=1S/C24H30FN4O10P/c1-12(2)36-21(32)14(4)28-40(34,39-15-6-7-16-13(3)27-38-17(16)10-15)35-11-18-20(31)24(5,25)22(37-18)29-9-8-19(30)26-23(29)33/h6-10,12,14,18,20,22,31H,11H2,1-5H3,(H,28,34)(H,26,30,33)/t14-,18+,20+,22+,24+,40?/m0/s1. The first kappa shape index (κ1) is 29.6. The third-order valence-electron chi connectivity index (χ3n) is 6.14. The summed E-state index contributed by atoms with van der Waals surface area (Å²) in [7, 11) is -4.44. The predicted molar refractivity (Wildman–Crippen MR) is 138 cm³/mol. The molecule has 0 saturated carbocycles. The minimum atomic E-state index is -4.44. The zero-order valence-corrected chi connectivity index (χ0v) is 23.2. The number of hydrogen-bond donors (Lipinski definition) is 3. The average molecular weight is 584 g/mol. The number of hydrogen-bond acceptors (Lipinski definition) is 11. The first-order chi connectivity index (χ1) is 18.7. The number of alkyl halides is 1. The van der Waals surface area contributed by atoms with Gasteiger partial charge in [-0.1, -0.05) is 5.16 Å². The van der Waals surface area contributed by atoms with Gasteiger partial charge in [0.25, 0.3) is 5.56 Å². The van der Waals surface area contributed by atoms with Crippen LogP contribution in [0.4, 0.5) is 4.39 Å². The molecule has 1 fully saturated rings. The number of nitrogens with zero attached hydrogens (tertiary/aromatic N) is 2. The molecule has 0 radical (unpaired) electrons. The number of aryl methyl sites for hydroxylation is 1. The summed E-state index contributed by atoms with van der Waals surface area (Å²) in [5.74, 6) is -0.709. The number of aliphatic hydroxyl groups is 1. The summed E-state index contributed by atoms with van der Waals surface area (Å²) >= 11 is 0. The van der Waals surface area contributed by atoms with Crippen LogP contribution in [-0.2, 0) is 23.4 Å². The molecule has 0 bridgehead atoms. The summed E-state index contributed by atoms with van der Waals surface area (Å²) in [5, 5.41) is 17.7. The first-order valence-corrected chi connectivity index (χ1v) is 13.9. The molecule has 3 heterocycles. The first-order valence-electron chi connectivity index (χ1n) is 12.3. The second kappa shape index (κ2) is 11.3. The number of carbonyl (C=O) groups is 1. The number of halogens is 1. The van der Waals surface area contributed by atoms with E-state index < -0.39 is 67.8 Å². The van der Waals surface area contributed by atoms with Gasteiger partial charge in [-0.25, -0.2) is 13.8 Å². The smallest absolute Gasteiger partial charge is 0.459 e. The third-order valence-corrected chi connectivity index (χ3v) is 7.78. The maximum Gasteiger partial charge on any atom is 0.459 e. The second-order valence-electron chi connectivity index (χ2n) is 9.79. The molecule has 1 aliphatic heterocycles. The van der Waals surface area contributed by atoms with E-state index in [1.807, 2.05) is 4.98 Å². The highest BCUT2D eigenvalue weighted by atomic mass is 31.2. The summed E-state index contributed by atoms with van der Waals surface area (Å²) in [4.78, 5) is 38.0. The van der Waals surface area contributed by atoms with Crippen LogP contribution in [0.3, 0.4) is 0 Å². The molecule has 0 amide bonds. The summed E-state index contributed by atoms with van der Waals surface area (Å²) in [5.41, 5.74) is -3.21. The molecular weight excluding hydrogens is 554 g/mol. The van der Waals surface area contributed by atoms with Crippen molar-refractivity contribution in [3.8, 4) is 5.75 Å². The van der Waals surface area contributed by atoms with Gasteiger partial charge in [0.15, 0.2) is 17.5 Å². The predicted octanol–water partition coefficient (Wildman–Crippen LogP) is 2.11. The van der Waals surface area contributed by atoms with Crippen LogP contribution in [0.1, 0.15) is 39.6 Å². The van der Waals surface area contributed by atoms with E-state index in [2.05, 4.69) is 10.2 Å². The van der Waals surface area contributed by atoms with Gasteiger partial charge in [-0.2, -0.15) is 5.09 Å². The van der Waals surface area contributed by atoms with Crippen molar-refractivity contribution in [3.05, 3.63) is 57.0 Å². The summed E-state index contributed by atoms with van der Waals surface area (Å²) in [6, 6.07) is 4.36. The molecular formula is C24H30FN4O10P. The fourth-order valence-corrected chi connectivity index (χ4v) is 5.58. The zero-order valence-electron chi connectivity index (χ0n) is 22.3. The van der Waals surface area contributed by atoms with Crippen LogP contribution >= 0.6 is 7.75 Å². The van der Waals surface area contributed by atoms with Gasteiger partial charge in [-0.05, 0) is 46.8 Å². The number of ether oxygens (including phenoxy) is 2. The monoisotopic (exact) mass is 584 g/mol. The Morgan fingerprint density at radius 2 is 2.05 bits per heavy atom. The minimum absolute atomic E-state index is 0.0322. The van der Waals surface area contributed by atoms with Crippen LogP contribution in [-0.4, -0.2) is 62.4 Å². The quantitative estimate of drug-likeness (QED) is 0.233. The third kappa shape index (κ3) is 6.18. The normalized spacial score (nSPS) is 25.1. The molecule has 6 atom stereocenters. The zero-order chi connectivity index (χ0) is 29.4. The molecule has 4 rings (SSSR count). The molecule has 1 saturated heterocycles. The number of rotatable bonds is 10. The average Bonchev–Trinajstić information content (AvgIpc) is 3.33. The van der Waals surface area contributed by atoms with Crippen LogP contribution in [0.25, 0.3) is 11.0 Å². The van der Waals surface area contributed by atoms with Gasteiger partial charge in [-0.3, -0.25) is 23.7 Å². The molecule has 3 N–H and O–H groups in total. The lowest BCUT2D eigenvalue weighted by molar-refractivity contribution is -0.149. The SMILES string of the molecule is Cc1noc2cc(OP(=O)(N[C@@H](C)C(=O)OC(C)C)OC[C@H]3O[C@@H](n4ccc(=O)[nH]c4=O)[C@](C)(F)[C@@H]3O)ccc12. The van der Waals surface area contributed by atoms with E-state index in [4.69, 9.17) is 23.0 Å². The van der Waals surface area contributed by atoms with E-state index in [1.165, 1.54) is 19.1 Å². The molecule has 2 aromatic heterocycles. The fraction of sp³-hybridized carbons (Fsp3) is 0.500. The lowest BCUT2D eigenvalue weighted by Gasteiger charge is -2.25. The second-order valence-corrected chi connectivity index (χ2v) is 11.5. The summed E-state index contributed by atoms with van der Waals surface area (Å²) < 4.78 is 57.3. The van der Waals surface area contributed by atoms with E-state index >= 15 is 4.39 Å². The Bertz CT molecular complexity index is 1550. The Morgan fingerprint density at radius 1 is 1.32 bits per heavy atom. The molecule has 0 aliphatic carbocycles.